The highest BCUT2D eigenvalue weighted by atomic mass is 16.4. The molecule has 2 aromatic carbocycles. The van der Waals surface area contributed by atoms with Crippen molar-refractivity contribution < 1.29 is 19.5 Å². The number of likely N-dealkylation sites (tertiary alicyclic amines) is 1. The van der Waals surface area contributed by atoms with E-state index in [2.05, 4.69) is 5.32 Å². The molecule has 1 atom stereocenters. The first-order chi connectivity index (χ1) is 13.5. The third kappa shape index (κ3) is 4.46. The number of rotatable bonds is 5. The fourth-order valence-corrected chi connectivity index (χ4v) is 3.17. The summed E-state index contributed by atoms with van der Waals surface area (Å²) in [4.78, 5) is 38.3. The summed E-state index contributed by atoms with van der Waals surface area (Å²) in [5, 5.41) is 14.0. The monoisotopic (exact) mass is 377 g/mol. The highest BCUT2D eigenvalue weighted by Crippen LogP contribution is 2.20. The lowest BCUT2D eigenvalue weighted by molar-refractivity contribution is -0.310. The van der Waals surface area contributed by atoms with Crippen molar-refractivity contribution in [2.24, 2.45) is 0 Å². The van der Waals surface area contributed by atoms with E-state index >= 15 is 0 Å². The van der Waals surface area contributed by atoms with Crippen molar-refractivity contribution in [3.8, 4) is 0 Å². The molecule has 6 nitrogen and oxygen atoms in total. The molecular formula is C22H21N2O4-. The van der Waals surface area contributed by atoms with E-state index in [1.807, 2.05) is 31.2 Å². The number of benzene rings is 2. The van der Waals surface area contributed by atoms with Crippen LogP contribution in [0, 0.1) is 6.92 Å². The maximum absolute atomic E-state index is 13.1. The van der Waals surface area contributed by atoms with Crippen LogP contribution >= 0.6 is 0 Å². The topological polar surface area (TPSA) is 89.5 Å². The summed E-state index contributed by atoms with van der Waals surface area (Å²) in [5.74, 6) is -2.25. The molecule has 0 radical (unpaired) electrons. The Hall–Kier alpha value is -3.41. The lowest BCUT2D eigenvalue weighted by Gasteiger charge is -2.26. The van der Waals surface area contributed by atoms with Crippen LogP contribution in [-0.4, -0.2) is 35.3 Å². The Morgan fingerprint density at radius 2 is 1.75 bits per heavy atom. The molecule has 144 valence electrons. The lowest BCUT2D eigenvalue weighted by Crippen LogP contribution is -2.49. The standard InChI is InChI=1S/C22H22N2O4/c1-15-9-11-16(12-10-15)14-18(23-20(25)17-6-3-2-4-7-17)21(26)24-13-5-8-19(24)22(27)28/h2-4,6-7,9-12,14,19H,5,8,13H2,1H3,(H,23,25)(H,27,28)/p-1/b18-14-/t19-/m1/s1. The smallest absolute Gasteiger partial charge is 0.270 e. The van der Waals surface area contributed by atoms with Crippen LogP contribution in [0.3, 0.4) is 0 Å². The van der Waals surface area contributed by atoms with Gasteiger partial charge in [0.25, 0.3) is 11.8 Å². The van der Waals surface area contributed by atoms with Gasteiger partial charge in [0.15, 0.2) is 0 Å². The van der Waals surface area contributed by atoms with Gasteiger partial charge in [-0.15, -0.1) is 0 Å². The number of nitrogens with one attached hydrogen (secondary N) is 1. The first-order valence-electron chi connectivity index (χ1n) is 9.12. The maximum Gasteiger partial charge on any atom is 0.270 e. The number of hydrogen-bond acceptors (Lipinski definition) is 4. The number of carbonyl (C=O) groups excluding carboxylic acids is 3. The van der Waals surface area contributed by atoms with Crippen molar-refractivity contribution >= 4 is 23.9 Å². The fourth-order valence-electron chi connectivity index (χ4n) is 3.17. The number of carboxylic acids is 1. The lowest BCUT2D eigenvalue weighted by atomic mass is 10.1. The molecule has 1 aliphatic rings. The molecule has 0 bridgehead atoms. The number of hydrogen-bond donors (Lipinski definition) is 1. The number of aliphatic carboxylic acids is 1. The van der Waals surface area contributed by atoms with E-state index in [1.54, 1.807) is 36.4 Å². The fraction of sp³-hybridized carbons (Fsp3) is 0.227. The van der Waals surface area contributed by atoms with E-state index in [4.69, 9.17) is 0 Å². The minimum atomic E-state index is -1.28. The van der Waals surface area contributed by atoms with Gasteiger partial charge in [0.1, 0.15) is 5.70 Å². The van der Waals surface area contributed by atoms with E-state index in [0.29, 0.717) is 24.9 Å². The normalized spacial score (nSPS) is 16.7. The Labute approximate surface area is 163 Å². The van der Waals surface area contributed by atoms with Crippen molar-refractivity contribution in [2.45, 2.75) is 25.8 Å². The first kappa shape index (κ1) is 19.4. The minimum absolute atomic E-state index is 0.0332. The summed E-state index contributed by atoms with van der Waals surface area (Å²) in [5.41, 5.74) is 2.23. The molecule has 1 aliphatic heterocycles. The van der Waals surface area contributed by atoms with E-state index in [9.17, 15) is 19.5 Å². The van der Waals surface area contributed by atoms with Crippen molar-refractivity contribution in [1.29, 1.82) is 0 Å². The average molecular weight is 377 g/mol. The third-order valence-electron chi connectivity index (χ3n) is 4.69. The Morgan fingerprint density at radius 1 is 1.07 bits per heavy atom. The van der Waals surface area contributed by atoms with Crippen LogP contribution in [0.2, 0.25) is 0 Å². The first-order valence-corrected chi connectivity index (χ1v) is 9.12. The maximum atomic E-state index is 13.1. The molecule has 0 unspecified atom stereocenters. The Balaban J connectivity index is 1.92. The minimum Gasteiger partial charge on any atom is -0.548 e. The highest BCUT2D eigenvalue weighted by molar-refractivity contribution is 6.06. The van der Waals surface area contributed by atoms with Gasteiger partial charge >= 0.3 is 0 Å². The molecule has 1 saturated heterocycles. The van der Waals surface area contributed by atoms with Gasteiger partial charge in [-0.3, -0.25) is 9.59 Å². The number of nitrogens with zero attached hydrogens (tertiary/aromatic N) is 1. The van der Waals surface area contributed by atoms with Crippen molar-refractivity contribution in [2.75, 3.05) is 6.54 Å². The molecule has 2 amide bonds. The van der Waals surface area contributed by atoms with Gasteiger partial charge in [-0.05, 0) is 43.5 Å². The van der Waals surface area contributed by atoms with Crippen molar-refractivity contribution in [3.63, 3.8) is 0 Å². The summed E-state index contributed by atoms with van der Waals surface area (Å²) in [6.45, 7) is 2.26. The molecular weight excluding hydrogens is 356 g/mol. The molecule has 3 rings (SSSR count). The van der Waals surface area contributed by atoms with Gasteiger partial charge in [0, 0.05) is 12.1 Å². The second-order valence-corrected chi connectivity index (χ2v) is 6.76. The average Bonchev–Trinajstić information content (AvgIpc) is 3.19. The second kappa shape index (κ2) is 8.52. The van der Waals surface area contributed by atoms with E-state index in [1.165, 1.54) is 4.90 Å². The molecule has 2 aromatic rings. The second-order valence-electron chi connectivity index (χ2n) is 6.76. The number of amides is 2. The predicted molar refractivity (Wildman–Crippen MR) is 103 cm³/mol. The summed E-state index contributed by atoms with van der Waals surface area (Å²) < 4.78 is 0. The van der Waals surface area contributed by atoms with Crippen LogP contribution in [0.25, 0.3) is 6.08 Å². The van der Waals surface area contributed by atoms with Crippen LogP contribution in [0.15, 0.2) is 60.3 Å². The highest BCUT2D eigenvalue weighted by Gasteiger charge is 2.32. The molecule has 6 heteroatoms. The molecule has 1 heterocycles. The van der Waals surface area contributed by atoms with E-state index in [-0.39, 0.29) is 5.70 Å². The number of carboxylic acid groups (broad SMARTS) is 1. The zero-order valence-electron chi connectivity index (χ0n) is 15.6. The van der Waals surface area contributed by atoms with Crippen molar-refractivity contribution in [1.82, 2.24) is 10.2 Å². The zero-order valence-corrected chi connectivity index (χ0v) is 15.6. The number of carbonyl (C=O) groups is 3. The van der Waals surface area contributed by atoms with Crippen molar-refractivity contribution in [3.05, 3.63) is 77.0 Å². The molecule has 1 N–H and O–H groups in total. The van der Waals surface area contributed by atoms with Gasteiger partial charge in [-0.25, -0.2) is 0 Å². The summed E-state index contributed by atoms with van der Waals surface area (Å²) >= 11 is 0. The molecule has 0 spiro atoms. The van der Waals surface area contributed by atoms with Crippen LogP contribution in [0.1, 0.15) is 34.3 Å². The third-order valence-corrected chi connectivity index (χ3v) is 4.69. The summed E-state index contributed by atoms with van der Waals surface area (Å²) in [6.07, 6.45) is 2.49. The van der Waals surface area contributed by atoms with E-state index in [0.717, 1.165) is 11.1 Å². The van der Waals surface area contributed by atoms with Gasteiger partial charge < -0.3 is 20.1 Å². The largest absolute Gasteiger partial charge is 0.548 e. The van der Waals surface area contributed by atoms with Crippen LogP contribution in [0.5, 0.6) is 0 Å². The molecule has 0 aliphatic carbocycles. The van der Waals surface area contributed by atoms with E-state index < -0.39 is 23.8 Å². The Kier molecular flexibility index (Phi) is 5.89. The van der Waals surface area contributed by atoms with Crippen LogP contribution < -0.4 is 10.4 Å². The molecule has 0 saturated carbocycles. The zero-order chi connectivity index (χ0) is 20.1. The predicted octanol–water partition coefficient (Wildman–Crippen LogP) is 1.51. The summed E-state index contributed by atoms with van der Waals surface area (Å²) in [7, 11) is 0. The quantitative estimate of drug-likeness (QED) is 0.800. The van der Waals surface area contributed by atoms with Crippen LogP contribution in [-0.2, 0) is 9.59 Å². The SMILES string of the molecule is Cc1ccc(/C=C(\NC(=O)c2ccccc2)C(=O)N2CCC[C@@H]2C(=O)[O-])cc1. The van der Waals surface area contributed by atoms with Gasteiger partial charge in [0.05, 0.1) is 12.0 Å². The number of aryl methyl sites for hydroxylation is 1. The molecule has 0 aromatic heterocycles. The molecule has 1 fully saturated rings. The van der Waals surface area contributed by atoms with Gasteiger partial charge in [-0.2, -0.15) is 0 Å². The summed E-state index contributed by atoms with van der Waals surface area (Å²) in [6, 6.07) is 15.0. The Morgan fingerprint density at radius 3 is 2.39 bits per heavy atom. The van der Waals surface area contributed by atoms with Gasteiger partial charge in [0.2, 0.25) is 0 Å². The molecule has 28 heavy (non-hydrogen) atoms. The Bertz CT molecular complexity index is 904. The van der Waals surface area contributed by atoms with Gasteiger partial charge in [-0.1, -0.05) is 48.0 Å². The van der Waals surface area contributed by atoms with Crippen LogP contribution in [0.4, 0.5) is 0 Å².